The second-order valence-corrected chi connectivity index (χ2v) is 7.36. The molecule has 1 aliphatic rings. The van der Waals surface area contributed by atoms with Crippen molar-refractivity contribution in [1.29, 1.82) is 0 Å². The number of aromatic nitrogens is 2. The molecule has 1 aliphatic heterocycles. The van der Waals surface area contributed by atoms with E-state index in [0.29, 0.717) is 41.5 Å². The van der Waals surface area contributed by atoms with Gasteiger partial charge >= 0.3 is 6.18 Å². The van der Waals surface area contributed by atoms with Crippen molar-refractivity contribution in [2.45, 2.75) is 25.6 Å². The lowest BCUT2D eigenvalue weighted by Crippen LogP contribution is -2.41. The van der Waals surface area contributed by atoms with E-state index in [9.17, 15) is 22.8 Å². The zero-order valence-electron chi connectivity index (χ0n) is 14.5. The monoisotopic (exact) mass is 433 g/mol. The molecular weight excluding hydrogens is 418 g/mol. The van der Waals surface area contributed by atoms with Gasteiger partial charge in [0.15, 0.2) is 11.5 Å². The summed E-state index contributed by atoms with van der Waals surface area (Å²) in [5.41, 5.74) is -0.568. The van der Waals surface area contributed by atoms with Crippen LogP contribution in [0.2, 0.25) is 10.0 Å². The fourth-order valence-corrected chi connectivity index (χ4v) is 3.41. The lowest BCUT2D eigenvalue weighted by molar-refractivity contribution is -0.142. The Morgan fingerprint density at radius 2 is 1.79 bits per heavy atom. The number of alkyl halides is 3. The van der Waals surface area contributed by atoms with E-state index in [2.05, 4.69) is 5.10 Å². The number of carbonyl (C=O) groups excluding carboxylic acids is 2. The summed E-state index contributed by atoms with van der Waals surface area (Å²) in [7, 11) is 0. The molecule has 0 spiro atoms. The first-order valence-corrected chi connectivity index (χ1v) is 9.28. The van der Waals surface area contributed by atoms with E-state index in [1.807, 2.05) is 0 Å². The van der Waals surface area contributed by atoms with Crippen LogP contribution in [0, 0.1) is 5.92 Å². The highest BCUT2D eigenvalue weighted by molar-refractivity contribution is 6.42. The molecule has 0 aliphatic carbocycles. The Morgan fingerprint density at radius 1 is 1.11 bits per heavy atom. The highest BCUT2D eigenvalue weighted by atomic mass is 35.5. The van der Waals surface area contributed by atoms with Crippen LogP contribution in [-0.2, 0) is 17.5 Å². The molecule has 1 amide bonds. The molecule has 1 aromatic heterocycles. The molecule has 0 radical (unpaired) electrons. The first-order valence-electron chi connectivity index (χ1n) is 8.53. The number of Topliss-reactive ketones (excluding diaryl/α,β-unsaturated/α-hetero) is 1. The maximum absolute atomic E-state index is 12.6. The SMILES string of the molecule is O=C(c1ccc(Cl)c(Cl)c1)C1CCN(C(=O)Cn2ccc(C(F)(F)F)n2)CC1. The number of ketones is 1. The molecule has 2 heterocycles. The molecule has 0 unspecified atom stereocenters. The Hall–Kier alpha value is -2.06. The average Bonchev–Trinajstić information content (AvgIpc) is 3.12. The molecular formula is C18H16Cl2F3N3O2. The van der Waals surface area contributed by atoms with Gasteiger partial charge in [0.2, 0.25) is 5.91 Å². The molecule has 0 saturated carbocycles. The highest BCUT2D eigenvalue weighted by Gasteiger charge is 2.34. The van der Waals surface area contributed by atoms with Gasteiger partial charge < -0.3 is 4.90 Å². The highest BCUT2D eigenvalue weighted by Crippen LogP contribution is 2.28. The molecule has 10 heteroatoms. The Kier molecular flexibility index (Phi) is 6.00. The number of hydrogen-bond donors (Lipinski definition) is 0. The number of carbonyl (C=O) groups is 2. The van der Waals surface area contributed by atoms with Gasteiger partial charge in [-0.25, -0.2) is 0 Å². The van der Waals surface area contributed by atoms with Gasteiger partial charge in [0.25, 0.3) is 0 Å². The molecule has 0 bridgehead atoms. The fraction of sp³-hybridized carbons (Fsp3) is 0.389. The molecule has 5 nitrogen and oxygen atoms in total. The number of benzene rings is 1. The second-order valence-electron chi connectivity index (χ2n) is 6.54. The van der Waals surface area contributed by atoms with Crippen molar-refractivity contribution in [1.82, 2.24) is 14.7 Å². The Bertz CT molecular complexity index is 890. The minimum atomic E-state index is -4.54. The number of rotatable bonds is 4. The van der Waals surface area contributed by atoms with Gasteiger partial charge in [0.1, 0.15) is 6.54 Å². The summed E-state index contributed by atoms with van der Waals surface area (Å²) in [6.45, 7) is 0.426. The summed E-state index contributed by atoms with van der Waals surface area (Å²) in [6, 6.07) is 5.54. The van der Waals surface area contributed by atoms with Crippen LogP contribution in [0.25, 0.3) is 0 Å². The number of nitrogens with zero attached hydrogens (tertiary/aromatic N) is 3. The maximum atomic E-state index is 12.6. The van der Waals surface area contributed by atoms with Gasteiger partial charge in [-0.1, -0.05) is 23.2 Å². The Morgan fingerprint density at radius 3 is 2.36 bits per heavy atom. The topological polar surface area (TPSA) is 55.2 Å². The van der Waals surface area contributed by atoms with Crippen LogP contribution in [0.5, 0.6) is 0 Å². The van der Waals surface area contributed by atoms with Crippen LogP contribution in [0.4, 0.5) is 13.2 Å². The summed E-state index contributed by atoms with van der Waals surface area (Å²) in [4.78, 5) is 26.5. The van der Waals surface area contributed by atoms with Gasteiger partial charge in [-0.05, 0) is 37.1 Å². The number of likely N-dealkylation sites (tertiary alicyclic amines) is 1. The van der Waals surface area contributed by atoms with Crippen molar-refractivity contribution in [3.63, 3.8) is 0 Å². The van der Waals surface area contributed by atoms with Gasteiger partial charge in [0.05, 0.1) is 10.0 Å². The summed E-state index contributed by atoms with van der Waals surface area (Å²) >= 11 is 11.8. The van der Waals surface area contributed by atoms with Crippen molar-refractivity contribution >= 4 is 34.9 Å². The molecule has 3 rings (SSSR count). The molecule has 150 valence electrons. The largest absolute Gasteiger partial charge is 0.435 e. The van der Waals surface area contributed by atoms with Crippen molar-refractivity contribution in [2.75, 3.05) is 13.1 Å². The smallest absolute Gasteiger partial charge is 0.341 e. The zero-order valence-corrected chi connectivity index (χ0v) is 16.1. The van der Waals surface area contributed by atoms with E-state index in [4.69, 9.17) is 23.2 Å². The van der Waals surface area contributed by atoms with Gasteiger partial charge in [-0.2, -0.15) is 18.3 Å². The third-order valence-electron chi connectivity index (χ3n) is 4.65. The first kappa shape index (κ1) is 20.7. The van der Waals surface area contributed by atoms with Crippen LogP contribution in [0.1, 0.15) is 28.9 Å². The van der Waals surface area contributed by atoms with Gasteiger partial charge in [-0.3, -0.25) is 14.3 Å². The van der Waals surface area contributed by atoms with Gasteiger partial charge in [0, 0.05) is 30.8 Å². The third kappa shape index (κ3) is 4.67. The molecule has 2 aromatic rings. The van der Waals surface area contributed by atoms with Crippen LogP contribution in [0.3, 0.4) is 0 Å². The van der Waals surface area contributed by atoms with Crippen LogP contribution >= 0.6 is 23.2 Å². The van der Waals surface area contributed by atoms with Crippen LogP contribution in [0.15, 0.2) is 30.5 Å². The predicted octanol–water partition coefficient (Wildman–Crippen LogP) is 4.33. The van der Waals surface area contributed by atoms with Crippen molar-refractivity contribution in [3.8, 4) is 0 Å². The molecule has 1 aromatic carbocycles. The van der Waals surface area contributed by atoms with Gasteiger partial charge in [-0.15, -0.1) is 0 Å². The second kappa shape index (κ2) is 8.13. The van der Waals surface area contributed by atoms with E-state index < -0.39 is 11.9 Å². The Labute approximate surface area is 169 Å². The summed E-state index contributed by atoms with van der Waals surface area (Å²) < 4.78 is 38.7. The minimum Gasteiger partial charge on any atom is -0.341 e. The molecule has 1 saturated heterocycles. The van der Waals surface area contributed by atoms with E-state index >= 15 is 0 Å². The number of amides is 1. The first-order chi connectivity index (χ1) is 13.1. The van der Waals surface area contributed by atoms with Crippen molar-refractivity contribution in [3.05, 3.63) is 51.8 Å². The standard InChI is InChI=1S/C18H16Cl2F3N3O2/c19-13-2-1-12(9-14(13)20)17(28)11-3-6-25(7-4-11)16(27)10-26-8-5-15(24-26)18(21,22)23/h1-2,5,8-9,11H,3-4,6-7,10H2. The number of halogens is 5. The summed E-state index contributed by atoms with van der Waals surface area (Å²) in [5, 5.41) is 4.05. The average molecular weight is 434 g/mol. The van der Waals surface area contributed by atoms with E-state index in [-0.39, 0.29) is 24.2 Å². The maximum Gasteiger partial charge on any atom is 0.435 e. The zero-order chi connectivity index (χ0) is 20.5. The molecule has 0 N–H and O–H groups in total. The van der Waals surface area contributed by atoms with E-state index in [1.165, 1.54) is 11.0 Å². The fourth-order valence-electron chi connectivity index (χ4n) is 3.12. The molecule has 1 fully saturated rings. The number of hydrogen-bond acceptors (Lipinski definition) is 3. The van der Waals surface area contributed by atoms with Crippen LogP contribution in [-0.4, -0.2) is 39.5 Å². The van der Waals surface area contributed by atoms with E-state index in [1.54, 1.807) is 12.1 Å². The normalized spacial score (nSPS) is 15.7. The van der Waals surface area contributed by atoms with Crippen molar-refractivity contribution < 1.29 is 22.8 Å². The quantitative estimate of drug-likeness (QED) is 0.674. The predicted molar refractivity (Wildman–Crippen MR) is 97.3 cm³/mol. The minimum absolute atomic E-state index is 0.0624. The Balaban J connectivity index is 1.55. The van der Waals surface area contributed by atoms with E-state index in [0.717, 1.165) is 16.9 Å². The lowest BCUT2D eigenvalue weighted by atomic mass is 9.89. The lowest BCUT2D eigenvalue weighted by Gasteiger charge is -2.31. The molecule has 0 atom stereocenters. The molecule has 28 heavy (non-hydrogen) atoms. The third-order valence-corrected chi connectivity index (χ3v) is 5.39. The van der Waals surface area contributed by atoms with Crippen LogP contribution < -0.4 is 0 Å². The van der Waals surface area contributed by atoms with Crippen molar-refractivity contribution in [2.24, 2.45) is 5.92 Å². The summed E-state index contributed by atoms with van der Waals surface area (Å²) in [5.74, 6) is -0.646. The summed E-state index contributed by atoms with van der Waals surface area (Å²) in [6.07, 6.45) is -2.48. The number of piperidine rings is 1.